The zero-order valence-corrected chi connectivity index (χ0v) is 32.6. The number of amidine groups is 1. The van der Waals surface area contributed by atoms with Gasteiger partial charge in [-0.2, -0.15) is 0 Å². The Morgan fingerprint density at radius 3 is 1.81 bits per heavy atom. The highest BCUT2D eigenvalue weighted by atomic mass is 15.0. The van der Waals surface area contributed by atoms with Gasteiger partial charge in [0.25, 0.3) is 0 Å². The topological polar surface area (TPSA) is 48.2 Å². The van der Waals surface area contributed by atoms with E-state index in [2.05, 4.69) is 185 Å². The molecule has 2 aromatic heterocycles. The molecule has 0 radical (unpaired) electrons. The Bertz CT molecular complexity index is 3330. The minimum absolute atomic E-state index is 0.489. The van der Waals surface area contributed by atoms with Crippen LogP contribution < -0.4 is 5.73 Å². The Morgan fingerprint density at radius 2 is 1.02 bits per heavy atom. The van der Waals surface area contributed by atoms with Gasteiger partial charge in [-0.05, 0) is 82.2 Å². The third-order valence-corrected chi connectivity index (χ3v) is 11.3. The van der Waals surface area contributed by atoms with Crippen molar-refractivity contribution in [1.82, 2.24) is 9.13 Å². The van der Waals surface area contributed by atoms with Crippen molar-refractivity contribution in [3.8, 4) is 11.4 Å². The Labute approximate surface area is 337 Å². The summed E-state index contributed by atoms with van der Waals surface area (Å²) in [6.07, 6.45) is 0.789. The van der Waals surface area contributed by atoms with Crippen molar-refractivity contribution in [3.63, 3.8) is 0 Å². The molecule has 0 unspecified atom stereocenters. The number of hydrogen-bond acceptors (Lipinski definition) is 1. The summed E-state index contributed by atoms with van der Waals surface area (Å²) in [5, 5.41) is 9.89. The average Bonchev–Trinajstić information content (AvgIpc) is 3.82. The van der Waals surface area contributed by atoms with E-state index in [4.69, 9.17) is 10.7 Å². The summed E-state index contributed by atoms with van der Waals surface area (Å²) in [6.45, 7) is 4.00. The van der Waals surface area contributed by atoms with E-state index in [0.29, 0.717) is 5.84 Å². The predicted octanol–water partition coefficient (Wildman–Crippen LogP) is 13.8. The Hall–Kier alpha value is -7.43. The van der Waals surface area contributed by atoms with Crippen LogP contribution in [-0.4, -0.2) is 15.0 Å². The standard InChI is InChI=1S/C52H36N4.C2H6/c53-52(54-46-23-10-7-16-35(46)32-34-14-3-1-4-15-34)36-17-13-20-38(33-36)56-47-24-11-8-21-41(47)44-28-26-40-39-30-31-49-50(42(39)27-29-43(40)51(44)56)45-22-9-12-25-48(45)55(49)37-18-5-2-6-19-37;1-2/h1-31,33H,32H2,(H2,53,54);1-2H3. The van der Waals surface area contributed by atoms with Gasteiger partial charge in [0.2, 0.25) is 0 Å². The number of para-hydroxylation sites is 4. The molecule has 9 aromatic carbocycles. The highest BCUT2D eigenvalue weighted by molar-refractivity contribution is 6.29. The smallest absolute Gasteiger partial charge is 0.131 e. The van der Waals surface area contributed by atoms with Crippen molar-refractivity contribution in [3.05, 3.63) is 211 Å². The van der Waals surface area contributed by atoms with Crippen molar-refractivity contribution in [1.29, 1.82) is 0 Å². The van der Waals surface area contributed by atoms with Crippen LogP contribution in [-0.2, 0) is 6.42 Å². The molecule has 11 rings (SSSR count). The van der Waals surface area contributed by atoms with Crippen LogP contribution >= 0.6 is 0 Å². The first kappa shape index (κ1) is 35.0. The molecule has 4 nitrogen and oxygen atoms in total. The summed E-state index contributed by atoms with van der Waals surface area (Å²) in [4.78, 5) is 5.01. The molecule has 278 valence electrons. The number of fused-ring (bicyclic) bond motifs is 11. The molecule has 2 N–H and O–H groups in total. The monoisotopic (exact) mass is 746 g/mol. The maximum atomic E-state index is 6.85. The second-order valence-electron chi connectivity index (χ2n) is 14.6. The van der Waals surface area contributed by atoms with Crippen LogP contribution in [0.4, 0.5) is 5.69 Å². The molecule has 0 aliphatic rings. The van der Waals surface area contributed by atoms with Gasteiger partial charge < -0.3 is 14.9 Å². The van der Waals surface area contributed by atoms with E-state index in [0.717, 1.165) is 40.1 Å². The second kappa shape index (κ2) is 14.6. The molecule has 11 aromatic rings. The lowest BCUT2D eigenvalue weighted by Crippen LogP contribution is -2.13. The normalized spacial score (nSPS) is 11.9. The van der Waals surface area contributed by atoms with Gasteiger partial charge in [-0.15, -0.1) is 0 Å². The number of aliphatic imine (C=N–C) groups is 1. The summed E-state index contributed by atoms with van der Waals surface area (Å²) in [6, 6.07) is 69.3. The van der Waals surface area contributed by atoms with Crippen LogP contribution in [0.3, 0.4) is 0 Å². The van der Waals surface area contributed by atoms with Gasteiger partial charge >= 0.3 is 0 Å². The molecule has 0 bridgehead atoms. The van der Waals surface area contributed by atoms with E-state index in [1.807, 2.05) is 32.0 Å². The Morgan fingerprint density at radius 1 is 0.448 bits per heavy atom. The fourth-order valence-electron chi connectivity index (χ4n) is 8.86. The van der Waals surface area contributed by atoms with E-state index >= 15 is 0 Å². The van der Waals surface area contributed by atoms with E-state index in [-0.39, 0.29) is 0 Å². The number of aromatic nitrogens is 2. The highest BCUT2D eigenvalue weighted by Crippen LogP contribution is 2.42. The predicted molar refractivity (Wildman–Crippen MR) is 248 cm³/mol. The fourth-order valence-corrected chi connectivity index (χ4v) is 8.86. The number of rotatable bonds is 6. The summed E-state index contributed by atoms with van der Waals surface area (Å²) in [5.41, 5.74) is 17.9. The fraction of sp³-hybridized carbons (Fsp3) is 0.0556. The first-order valence-electron chi connectivity index (χ1n) is 20.1. The van der Waals surface area contributed by atoms with Crippen LogP contribution in [0.25, 0.3) is 76.5 Å². The summed E-state index contributed by atoms with van der Waals surface area (Å²) in [5.74, 6) is 0.489. The molecule has 58 heavy (non-hydrogen) atoms. The number of nitrogens with two attached hydrogens (primary N) is 1. The maximum absolute atomic E-state index is 6.85. The third-order valence-electron chi connectivity index (χ3n) is 11.3. The lowest BCUT2D eigenvalue weighted by molar-refractivity contribution is 1.18. The molecule has 0 aliphatic carbocycles. The number of nitrogens with zero attached hydrogens (tertiary/aromatic N) is 3. The Kier molecular flexibility index (Phi) is 8.80. The van der Waals surface area contributed by atoms with Gasteiger partial charge in [0.1, 0.15) is 5.84 Å². The molecule has 0 spiro atoms. The quantitative estimate of drug-likeness (QED) is 0.103. The Balaban J connectivity index is 0.00000201. The molecule has 0 saturated heterocycles. The van der Waals surface area contributed by atoms with Gasteiger partial charge in [-0.25, -0.2) is 4.99 Å². The SMILES string of the molecule is CC.NC(=Nc1ccccc1Cc1ccccc1)c1cccc(-n2c3ccccc3c3ccc4c5ccc6c(c5ccc4c32)c2ccccc2n6-c2ccccc2)c1. The van der Waals surface area contributed by atoms with E-state index in [1.165, 1.54) is 65.2 Å². The van der Waals surface area contributed by atoms with E-state index in [1.54, 1.807) is 0 Å². The van der Waals surface area contributed by atoms with Gasteiger partial charge in [-0.1, -0.05) is 159 Å². The van der Waals surface area contributed by atoms with Crippen molar-refractivity contribution < 1.29 is 0 Å². The lowest BCUT2D eigenvalue weighted by Gasteiger charge is -2.13. The molecular formula is C54H42N4. The summed E-state index contributed by atoms with van der Waals surface area (Å²) in [7, 11) is 0. The molecule has 0 amide bonds. The maximum Gasteiger partial charge on any atom is 0.131 e. The van der Waals surface area contributed by atoms with Gasteiger partial charge in [0.15, 0.2) is 0 Å². The largest absolute Gasteiger partial charge is 0.383 e. The van der Waals surface area contributed by atoms with Crippen LogP contribution in [0.5, 0.6) is 0 Å². The highest BCUT2D eigenvalue weighted by Gasteiger charge is 2.19. The molecule has 2 heterocycles. The van der Waals surface area contributed by atoms with Crippen molar-refractivity contribution in [2.24, 2.45) is 10.7 Å². The van der Waals surface area contributed by atoms with Crippen molar-refractivity contribution >= 4 is 76.7 Å². The van der Waals surface area contributed by atoms with Crippen LogP contribution in [0.15, 0.2) is 199 Å². The zero-order valence-electron chi connectivity index (χ0n) is 32.6. The van der Waals surface area contributed by atoms with Crippen molar-refractivity contribution in [2.75, 3.05) is 0 Å². The van der Waals surface area contributed by atoms with E-state index < -0.39 is 0 Å². The zero-order chi connectivity index (χ0) is 39.2. The lowest BCUT2D eigenvalue weighted by atomic mass is 9.96. The van der Waals surface area contributed by atoms with E-state index in [9.17, 15) is 0 Å². The number of hydrogen-bond donors (Lipinski definition) is 1. The summed E-state index contributed by atoms with van der Waals surface area (Å²) >= 11 is 0. The van der Waals surface area contributed by atoms with Crippen LogP contribution in [0, 0.1) is 0 Å². The second-order valence-corrected chi connectivity index (χ2v) is 14.6. The van der Waals surface area contributed by atoms with Gasteiger partial charge in [0, 0.05) is 43.9 Å². The van der Waals surface area contributed by atoms with Crippen LogP contribution in [0.2, 0.25) is 0 Å². The molecule has 0 saturated carbocycles. The minimum Gasteiger partial charge on any atom is -0.383 e. The summed E-state index contributed by atoms with van der Waals surface area (Å²) < 4.78 is 4.79. The number of benzene rings is 9. The third kappa shape index (κ3) is 5.72. The first-order valence-corrected chi connectivity index (χ1v) is 20.1. The van der Waals surface area contributed by atoms with Crippen LogP contribution in [0.1, 0.15) is 30.5 Å². The molecular weight excluding hydrogens is 705 g/mol. The minimum atomic E-state index is 0.489. The van der Waals surface area contributed by atoms with Crippen molar-refractivity contribution in [2.45, 2.75) is 20.3 Å². The van der Waals surface area contributed by atoms with Gasteiger partial charge in [-0.3, -0.25) is 0 Å². The molecule has 0 atom stereocenters. The first-order chi connectivity index (χ1) is 28.7. The molecule has 4 heteroatoms. The van der Waals surface area contributed by atoms with Gasteiger partial charge in [0.05, 0.1) is 27.8 Å². The molecule has 0 aliphatic heterocycles. The molecule has 0 fully saturated rings. The average molecular weight is 747 g/mol.